The molecule has 8 nitrogen and oxygen atoms in total. The molecule has 8 heteroatoms. The second kappa shape index (κ2) is 11.4. The third kappa shape index (κ3) is 5.92. The van der Waals surface area contributed by atoms with Crippen LogP contribution in [-0.4, -0.2) is 56.2 Å². The summed E-state index contributed by atoms with van der Waals surface area (Å²) in [4.78, 5) is 38.0. The van der Waals surface area contributed by atoms with Gasteiger partial charge in [-0.2, -0.15) is 0 Å². The molecule has 3 aromatic carbocycles. The van der Waals surface area contributed by atoms with Crippen molar-refractivity contribution >= 4 is 17.9 Å². The number of carbonyl (C=O) groups excluding carboxylic acids is 3. The van der Waals surface area contributed by atoms with Crippen molar-refractivity contribution in [1.29, 1.82) is 0 Å². The monoisotopic (exact) mass is 476 g/mol. The van der Waals surface area contributed by atoms with Gasteiger partial charge < -0.3 is 23.7 Å². The summed E-state index contributed by atoms with van der Waals surface area (Å²) in [5.74, 6) is -1.85. The minimum Gasteiger partial charge on any atom is -0.459 e. The number of benzene rings is 3. The number of carbonyl (C=O) groups is 3. The first-order valence-electron chi connectivity index (χ1n) is 11.0. The van der Waals surface area contributed by atoms with Crippen molar-refractivity contribution < 1.29 is 38.1 Å². The molecular weight excluding hydrogens is 452 g/mol. The van der Waals surface area contributed by atoms with Gasteiger partial charge in [-0.25, -0.2) is 14.4 Å². The van der Waals surface area contributed by atoms with Crippen LogP contribution in [0.25, 0.3) is 0 Å². The van der Waals surface area contributed by atoms with Gasteiger partial charge in [0.25, 0.3) is 0 Å². The van der Waals surface area contributed by atoms with Crippen molar-refractivity contribution in [2.75, 3.05) is 13.7 Å². The lowest BCUT2D eigenvalue weighted by molar-refractivity contribution is -0.155. The second-order valence-electron chi connectivity index (χ2n) is 7.72. The minimum absolute atomic E-state index is 0.250. The smallest absolute Gasteiger partial charge is 0.338 e. The summed E-state index contributed by atoms with van der Waals surface area (Å²) < 4.78 is 28.0. The molecule has 0 spiro atoms. The van der Waals surface area contributed by atoms with Crippen LogP contribution in [0.15, 0.2) is 91.0 Å². The van der Waals surface area contributed by atoms with Gasteiger partial charge in [0, 0.05) is 7.11 Å². The van der Waals surface area contributed by atoms with E-state index in [0.29, 0.717) is 16.7 Å². The van der Waals surface area contributed by atoms with Crippen molar-refractivity contribution in [2.24, 2.45) is 0 Å². The van der Waals surface area contributed by atoms with E-state index in [1.165, 1.54) is 7.11 Å². The highest BCUT2D eigenvalue weighted by atomic mass is 16.7. The van der Waals surface area contributed by atoms with E-state index in [1.807, 2.05) is 0 Å². The molecule has 4 atom stereocenters. The largest absolute Gasteiger partial charge is 0.459 e. The van der Waals surface area contributed by atoms with E-state index in [4.69, 9.17) is 23.7 Å². The highest BCUT2D eigenvalue weighted by Gasteiger charge is 2.50. The minimum atomic E-state index is -1.10. The summed E-state index contributed by atoms with van der Waals surface area (Å²) in [6, 6.07) is 25.2. The average molecular weight is 476 g/mol. The Bertz CT molecular complexity index is 1130. The summed E-state index contributed by atoms with van der Waals surface area (Å²) in [7, 11) is 1.38. The van der Waals surface area contributed by atoms with Gasteiger partial charge in [0.2, 0.25) is 0 Å². The molecule has 180 valence electrons. The van der Waals surface area contributed by atoms with E-state index in [9.17, 15) is 14.4 Å². The summed E-state index contributed by atoms with van der Waals surface area (Å²) in [6.07, 6.45) is -4.17. The Kier molecular flexibility index (Phi) is 7.87. The molecule has 2 unspecified atom stereocenters. The van der Waals surface area contributed by atoms with Crippen molar-refractivity contribution in [3.63, 3.8) is 0 Å². The molecule has 0 amide bonds. The van der Waals surface area contributed by atoms with Gasteiger partial charge in [-0.05, 0) is 36.4 Å². The topological polar surface area (TPSA) is 97.4 Å². The van der Waals surface area contributed by atoms with Crippen LogP contribution in [0.4, 0.5) is 0 Å². The number of hydrogen-bond acceptors (Lipinski definition) is 8. The Balaban J connectivity index is 1.54. The molecule has 1 aliphatic heterocycles. The lowest BCUT2D eigenvalue weighted by Gasteiger charge is -2.24. The van der Waals surface area contributed by atoms with Crippen LogP contribution in [0.2, 0.25) is 0 Å². The Morgan fingerprint density at radius 1 is 0.657 bits per heavy atom. The third-order valence-corrected chi connectivity index (χ3v) is 5.39. The number of rotatable bonds is 8. The number of ether oxygens (including phenoxy) is 5. The Morgan fingerprint density at radius 2 is 1.09 bits per heavy atom. The standard InChI is InChI=1S/C27H24O8/c1-31-27-23(35-26(30)20-15-9-4-10-16-20)22(34-25(29)19-13-7-3-8-14-19)21(33-27)17-32-24(28)18-11-5-2-6-12-18/h2-16,21-23,27H,17H2,1H3/t21?,22-,23?,27+/m0/s1. The van der Waals surface area contributed by atoms with E-state index in [2.05, 4.69) is 0 Å². The van der Waals surface area contributed by atoms with Gasteiger partial charge in [-0.15, -0.1) is 0 Å². The number of hydrogen-bond donors (Lipinski definition) is 0. The van der Waals surface area contributed by atoms with Gasteiger partial charge >= 0.3 is 17.9 Å². The van der Waals surface area contributed by atoms with Crippen molar-refractivity contribution in [2.45, 2.75) is 24.6 Å². The van der Waals surface area contributed by atoms with Crippen molar-refractivity contribution in [1.82, 2.24) is 0 Å². The van der Waals surface area contributed by atoms with Crippen LogP contribution in [0.3, 0.4) is 0 Å². The van der Waals surface area contributed by atoms with Crippen LogP contribution in [0.5, 0.6) is 0 Å². The first-order valence-corrected chi connectivity index (χ1v) is 11.0. The fourth-order valence-corrected chi connectivity index (χ4v) is 3.63. The second-order valence-corrected chi connectivity index (χ2v) is 7.72. The summed E-state index contributed by atoms with van der Waals surface area (Å²) in [5.41, 5.74) is 0.981. The van der Waals surface area contributed by atoms with E-state index >= 15 is 0 Å². The Morgan fingerprint density at radius 3 is 1.54 bits per heavy atom. The molecular formula is C27H24O8. The number of methoxy groups -OCH3 is 1. The zero-order chi connectivity index (χ0) is 24.6. The zero-order valence-electron chi connectivity index (χ0n) is 18.9. The summed E-state index contributed by atoms with van der Waals surface area (Å²) >= 11 is 0. The Hall–Kier alpha value is -4.01. The fourth-order valence-electron chi connectivity index (χ4n) is 3.63. The Labute approximate surface area is 202 Å². The lowest BCUT2D eigenvalue weighted by Crippen LogP contribution is -2.42. The molecule has 0 saturated carbocycles. The summed E-state index contributed by atoms with van der Waals surface area (Å²) in [5, 5.41) is 0. The predicted molar refractivity (Wildman–Crippen MR) is 124 cm³/mol. The molecule has 4 rings (SSSR count). The lowest BCUT2D eigenvalue weighted by atomic mass is 10.1. The van der Waals surface area contributed by atoms with Crippen LogP contribution in [0.1, 0.15) is 31.1 Å². The maximum Gasteiger partial charge on any atom is 0.338 e. The molecule has 0 N–H and O–H groups in total. The fraction of sp³-hybridized carbons (Fsp3) is 0.222. The molecule has 0 aliphatic carbocycles. The maximum atomic E-state index is 12.8. The van der Waals surface area contributed by atoms with Gasteiger partial charge in [0.05, 0.1) is 16.7 Å². The molecule has 1 heterocycles. The average Bonchev–Trinajstić information content (AvgIpc) is 3.24. The quantitative estimate of drug-likeness (QED) is 0.359. The van der Waals surface area contributed by atoms with Gasteiger partial charge in [-0.1, -0.05) is 54.6 Å². The number of esters is 3. The van der Waals surface area contributed by atoms with E-state index in [1.54, 1.807) is 91.0 Å². The van der Waals surface area contributed by atoms with Crippen LogP contribution in [-0.2, 0) is 23.7 Å². The van der Waals surface area contributed by atoms with Crippen LogP contribution in [0, 0.1) is 0 Å². The van der Waals surface area contributed by atoms with Gasteiger partial charge in [-0.3, -0.25) is 0 Å². The first kappa shape index (κ1) is 24.1. The zero-order valence-corrected chi connectivity index (χ0v) is 18.9. The highest BCUT2D eigenvalue weighted by molar-refractivity contribution is 5.90. The van der Waals surface area contributed by atoms with E-state index in [0.717, 1.165) is 0 Å². The summed E-state index contributed by atoms with van der Waals surface area (Å²) in [6.45, 7) is -0.250. The van der Waals surface area contributed by atoms with Crippen molar-refractivity contribution in [3.05, 3.63) is 108 Å². The molecule has 0 aromatic heterocycles. The molecule has 3 aromatic rings. The maximum absolute atomic E-state index is 12.8. The molecule has 1 saturated heterocycles. The normalized spacial score (nSPS) is 21.2. The molecule has 0 radical (unpaired) electrons. The molecule has 0 bridgehead atoms. The predicted octanol–water partition coefficient (Wildman–Crippen LogP) is 3.67. The van der Waals surface area contributed by atoms with Crippen molar-refractivity contribution in [3.8, 4) is 0 Å². The van der Waals surface area contributed by atoms with E-state index in [-0.39, 0.29) is 6.61 Å². The molecule has 35 heavy (non-hydrogen) atoms. The van der Waals surface area contributed by atoms with Crippen LogP contribution < -0.4 is 0 Å². The first-order chi connectivity index (χ1) is 17.1. The van der Waals surface area contributed by atoms with Crippen LogP contribution >= 0.6 is 0 Å². The molecule has 1 fully saturated rings. The van der Waals surface area contributed by atoms with Gasteiger partial charge in [0.15, 0.2) is 18.5 Å². The highest BCUT2D eigenvalue weighted by Crippen LogP contribution is 2.29. The molecule has 1 aliphatic rings. The van der Waals surface area contributed by atoms with E-state index < -0.39 is 42.5 Å². The SMILES string of the molecule is CO[C@@H]1OC(COC(=O)c2ccccc2)[C@H](OC(=O)c2ccccc2)C1OC(=O)c1ccccc1. The third-order valence-electron chi connectivity index (χ3n) is 5.39. The van der Waals surface area contributed by atoms with Gasteiger partial charge in [0.1, 0.15) is 12.7 Å².